The number of aromatic nitrogens is 3. The minimum atomic E-state index is -0.570. The normalized spacial score (nSPS) is 11.9. The van der Waals surface area contributed by atoms with Crippen LogP contribution in [0.15, 0.2) is 35.7 Å². The molecule has 1 amide bonds. The van der Waals surface area contributed by atoms with Gasteiger partial charge in [0.05, 0.1) is 22.3 Å². The zero-order valence-corrected chi connectivity index (χ0v) is 21.7. The molecule has 0 saturated carbocycles. The zero-order valence-electron chi connectivity index (χ0n) is 19.3. The van der Waals surface area contributed by atoms with Crippen molar-refractivity contribution in [3.63, 3.8) is 0 Å². The van der Waals surface area contributed by atoms with Gasteiger partial charge in [-0.25, -0.2) is 14.8 Å². The molecule has 0 saturated heterocycles. The van der Waals surface area contributed by atoms with Crippen LogP contribution in [-0.4, -0.2) is 37.7 Å². The smallest absolute Gasteiger partial charge is 0.410 e. The van der Waals surface area contributed by atoms with E-state index in [-0.39, 0.29) is 6.09 Å². The number of fused-ring (bicyclic) bond motifs is 3. The number of hydrogen-bond acceptors (Lipinski definition) is 6. The van der Waals surface area contributed by atoms with E-state index >= 15 is 0 Å². The maximum absolute atomic E-state index is 12.8. The Kier molecular flexibility index (Phi) is 6.63. The summed E-state index contributed by atoms with van der Waals surface area (Å²) >= 11 is 5.12. The molecule has 0 aliphatic rings. The molecule has 4 aromatic rings. The summed E-state index contributed by atoms with van der Waals surface area (Å²) < 4.78 is 8.81. The molecule has 0 aliphatic carbocycles. The number of anilines is 1. The topological polar surface area (TPSA) is 86.3 Å². The van der Waals surface area contributed by atoms with Gasteiger partial charge >= 0.3 is 6.09 Å². The Labute approximate surface area is 205 Å². The van der Waals surface area contributed by atoms with E-state index in [1.165, 1.54) is 5.56 Å². The van der Waals surface area contributed by atoms with Crippen molar-refractivity contribution in [3.8, 4) is 0 Å². The van der Waals surface area contributed by atoms with Gasteiger partial charge in [0.15, 0.2) is 5.82 Å². The average molecular weight is 530 g/mol. The summed E-state index contributed by atoms with van der Waals surface area (Å²) in [6, 6.07) is 10.4. The van der Waals surface area contributed by atoms with Crippen molar-refractivity contribution in [2.45, 2.75) is 51.7 Å². The Hall–Kier alpha value is -2.65. The van der Waals surface area contributed by atoms with Crippen molar-refractivity contribution < 1.29 is 9.53 Å². The number of amides is 1. The lowest BCUT2D eigenvalue weighted by molar-refractivity contribution is 0.0238. The molecule has 3 aromatic heterocycles. The highest BCUT2D eigenvalue weighted by atomic mass is 79.9. The quantitative estimate of drug-likeness (QED) is 0.313. The van der Waals surface area contributed by atoms with Crippen molar-refractivity contribution in [2.24, 2.45) is 0 Å². The van der Waals surface area contributed by atoms with Gasteiger partial charge in [-0.3, -0.25) is 0 Å². The lowest BCUT2D eigenvalue weighted by Crippen LogP contribution is -2.37. The lowest BCUT2D eigenvalue weighted by atomic mass is 10.1. The number of pyridine rings is 1. The third-order valence-electron chi connectivity index (χ3n) is 5.27. The van der Waals surface area contributed by atoms with Crippen molar-refractivity contribution in [2.75, 3.05) is 12.3 Å². The van der Waals surface area contributed by atoms with Gasteiger partial charge < -0.3 is 19.9 Å². The van der Waals surface area contributed by atoms with Gasteiger partial charge in [0.2, 0.25) is 0 Å². The highest BCUT2D eigenvalue weighted by molar-refractivity contribution is 9.08. The largest absolute Gasteiger partial charge is 0.444 e. The summed E-state index contributed by atoms with van der Waals surface area (Å²) in [5.41, 5.74) is 10.6. The van der Waals surface area contributed by atoms with Crippen LogP contribution in [0.3, 0.4) is 0 Å². The summed E-state index contributed by atoms with van der Waals surface area (Å²) in [4.78, 5) is 23.9. The van der Waals surface area contributed by atoms with Crippen LogP contribution >= 0.6 is 27.3 Å². The van der Waals surface area contributed by atoms with E-state index < -0.39 is 5.60 Å². The first-order valence-electron chi connectivity index (χ1n) is 10.8. The Morgan fingerprint density at radius 1 is 1.18 bits per heavy atom. The molecule has 0 bridgehead atoms. The maximum atomic E-state index is 12.8. The van der Waals surface area contributed by atoms with Crippen LogP contribution in [0.25, 0.3) is 21.3 Å². The molecule has 3 heterocycles. The second-order valence-electron chi connectivity index (χ2n) is 8.89. The van der Waals surface area contributed by atoms with E-state index in [2.05, 4.69) is 49.7 Å². The van der Waals surface area contributed by atoms with Gasteiger partial charge in [0.1, 0.15) is 16.9 Å². The van der Waals surface area contributed by atoms with Gasteiger partial charge in [-0.15, -0.1) is 11.3 Å². The van der Waals surface area contributed by atoms with Gasteiger partial charge in [-0.1, -0.05) is 40.2 Å². The molecule has 33 heavy (non-hydrogen) atoms. The van der Waals surface area contributed by atoms with E-state index in [0.29, 0.717) is 31.0 Å². The first kappa shape index (κ1) is 23.5. The van der Waals surface area contributed by atoms with Crippen LogP contribution in [0.1, 0.15) is 44.6 Å². The molecule has 1 aromatic carbocycles. The molecular formula is C24H28BrN5O2S. The highest BCUT2D eigenvalue weighted by Crippen LogP contribution is 2.33. The molecule has 0 fully saturated rings. The lowest BCUT2D eigenvalue weighted by Gasteiger charge is -2.26. The third kappa shape index (κ3) is 4.99. The summed E-state index contributed by atoms with van der Waals surface area (Å²) in [5, 5.41) is 2.82. The van der Waals surface area contributed by atoms with Crippen LogP contribution in [-0.2, 0) is 23.2 Å². The number of hydrogen-bond donors (Lipinski definition) is 1. The van der Waals surface area contributed by atoms with Crippen LogP contribution in [0, 0.1) is 0 Å². The maximum Gasteiger partial charge on any atom is 0.410 e. The van der Waals surface area contributed by atoms with E-state index in [0.717, 1.165) is 32.5 Å². The van der Waals surface area contributed by atoms with E-state index in [1.807, 2.05) is 39.1 Å². The summed E-state index contributed by atoms with van der Waals surface area (Å²) in [7, 11) is 0. The Morgan fingerprint density at radius 2 is 1.88 bits per heavy atom. The van der Waals surface area contributed by atoms with Crippen LogP contribution in [0.2, 0.25) is 0 Å². The Bertz CT molecular complexity index is 1290. The number of benzene rings is 1. The fourth-order valence-corrected chi connectivity index (χ4v) is 4.93. The minimum absolute atomic E-state index is 0.311. The SMILES string of the molecule is CCN(Cc1nc2c(N)nc3ccsc3c2n1Cc1ccc(CBr)cc1)C(=O)OC(C)(C)C. The van der Waals surface area contributed by atoms with Gasteiger partial charge in [-0.2, -0.15) is 0 Å². The molecule has 9 heteroatoms. The average Bonchev–Trinajstić information content (AvgIpc) is 3.36. The Morgan fingerprint density at radius 3 is 2.52 bits per heavy atom. The number of halogens is 1. The van der Waals surface area contributed by atoms with Gasteiger partial charge in [0, 0.05) is 18.4 Å². The summed E-state index contributed by atoms with van der Waals surface area (Å²) in [6.45, 7) is 8.95. The molecule has 0 aliphatic heterocycles. The molecule has 2 N–H and O–H groups in total. The number of carbonyl (C=O) groups is 1. The molecular weight excluding hydrogens is 502 g/mol. The fourth-order valence-electron chi connectivity index (χ4n) is 3.67. The monoisotopic (exact) mass is 529 g/mol. The number of ether oxygens (including phenoxy) is 1. The van der Waals surface area contributed by atoms with Crippen LogP contribution < -0.4 is 5.73 Å². The predicted molar refractivity (Wildman–Crippen MR) is 138 cm³/mol. The molecule has 4 rings (SSSR count). The van der Waals surface area contributed by atoms with Crippen LogP contribution in [0.5, 0.6) is 0 Å². The second-order valence-corrected chi connectivity index (χ2v) is 10.4. The Balaban J connectivity index is 1.81. The molecule has 0 atom stereocenters. The van der Waals surface area contributed by atoms with E-state index in [4.69, 9.17) is 15.5 Å². The van der Waals surface area contributed by atoms with Crippen molar-refractivity contribution >= 4 is 60.4 Å². The highest BCUT2D eigenvalue weighted by Gasteiger charge is 2.25. The molecule has 0 unspecified atom stereocenters. The first-order chi connectivity index (χ1) is 15.7. The predicted octanol–water partition coefficient (Wildman–Crippen LogP) is 5.93. The molecule has 0 spiro atoms. The fraction of sp³-hybridized carbons (Fsp3) is 0.375. The van der Waals surface area contributed by atoms with Crippen molar-refractivity contribution in [1.29, 1.82) is 0 Å². The number of rotatable bonds is 6. The van der Waals surface area contributed by atoms with E-state index in [1.54, 1.807) is 16.2 Å². The number of carbonyl (C=O) groups excluding carboxylic acids is 1. The van der Waals surface area contributed by atoms with Gasteiger partial charge in [0.25, 0.3) is 0 Å². The third-order valence-corrected chi connectivity index (χ3v) is 6.83. The molecule has 174 valence electrons. The van der Waals surface area contributed by atoms with Crippen molar-refractivity contribution in [1.82, 2.24) is 19.4 Å². The summed E-state index contributed by atoms with van der Waals surface area (Å²) in [6.07, 6.45) is -0.363. The summed E-state index contributed by atoms with van der Waals surface area (Å²) in [5.74, 6) is 1.14. The van der Waals surface area contributed by atoms with Crippen molar-refractivity contribution in [3.05, 3.63) is 52.7 Å². The number of alkyl halides is 1. The zero-order chi connectivity index (χ0) is 23.8. The standard InChI is InChI=1S/C24H28BrN5O2S/c1-5-29(23(31)32-24(2,3)4)14-18-28-19-20(21-17(10-11-33-21)27-22(19)26)30(18)13-16-8-6-15(12-25)7-9-16/h6-11H,5,12-14H2,1-4H3,(H2,26,27). The number of thiophene rings is 1. The number of nitrogens with zero attached hydrogens (tertiary/aromatic N) is 4. The first-order valence-corrected chi connectivity index (χ1v) is 12.8. The minimum Gasteiger partial charge on any atom is -0.444 e. The van der Waals surface area contributed by atoms with Gasteiger partial charge in [-0.05, 0) is 50.3 Å². The number of nitrogens with two attached hydrogens (primary N) is 1. The van der Waals surface area contributed by atoms with E-state index in [9.17, 15) is 4.79 Å². The molecule has 0 radical (unpaired) electrons. The number of nitrogen functional groups attached to an aromatic ring is 1. The number of imidazole rings is 1. The molecule has 7 nitrogen and oxygen atoms in total. The van der Waals surface area contributed by atoms with Crippen LogP contribution in [0.4, 0.5) is 10.6 Å². The second kappa shape index (κ2) is 9.30.